The van der Waals surface area contributed by atoms with Crippen LogP contribution in [0.5, 0.6) is 0 Å². The van der Waals surface area contributed by atoms with Crippen molar-refractivity contribution in [3.05, 3.63) is 34.1 Å². The van der Waals surface area contributed by atoms with Gasteiger partial charge in [-0.2, -0.15) is 0 Å². The average Bonchev–Trinajstić information content (AvgIpc) is 2.89. The molecule has 0 saturated carbocycles. The van der Waals surface area contributed by atoms with Crippen LogP contribution in [0.15, 0.2) is 22.7 Å². The van der Waals surface area contributed by atoms with E-state index in [0.29, 0.717) is 23.9 Å². The Bertz CT molecular complexity index is 521. The van der Waals surface area contributed by atoms with Crippen molar-refractivity contribution in [1.29, 1.82) is 0 Å². The molecule has 1 aromatic rings. The zero-order valence-corrected chi connectivity index (χ0v) is 11.9. The number of esters is 1. The summed E-state index contributed by atoms with van der Waals surface area (Å²) in [6.45, 7) is 0.435. The maximum absolute atomic E-state index is 13.7. The molecule has 0 bridgehead atoms. The van der Waals surface area contributed by atoms with Gasteiger partial charge in [-0.15, -0.1) is 0 Å². The van der Waals surface area contributed by atoms with Crippen LogP contribution in [0.3, 0.4) is 0 Å². The maximum Gasteiger partial charge on any atom is 0.328 e. The molecule has 1 saturated heterocycles. The highest BCUT2D eigenvalue weighted by Crippen LogP contribution is 2.24. The fourth-order valence-electron chi connectivity index (χ4n) is 2.21. The lowest BCUT2D eigenvalue weighted by Gasteiger charge is -2.22. The molecule has 0 aliphatic carbocycles. The lowest BCUT2D eigenvalue weighted by molar-refractivity contribution is -0.145. The molecule has 1 fully saturated rings. The Balaban J connectivity index is 2.28. The fourth-order valence-corrected chi connectivity index (χ4v) is 2.57. The van der Waals surface area contributed by atoms with Gasteiger partial charge in [-0.1, -0.05) is 15.9 Å². The van der Waals surface area contributed by atoms with Crippen LogP contribution in [0.2, 0.25) is 0 Å². The fraction of sp³-hybridized carbons (Fsp3) is 0.385. The molecule has 19 heavy (non-hydrogen) atoms. The van der Waals surface area contributed by atoms with Crippen LogP contribution in [-0.2, 0) is 9.53 Å². The molecule has 1 atom stereocenters. The predicted molar refractivity (Wildman–Crippen MR) is 70.2 cm³/mol. The van der Waals surface area contributed by atoms with Crippen LogP contribution in [0, 0.1) is 5.82 Å². The predicted octanol–water partition coefficient (Wildman–Crippen LogP) is 2.37. The molecule has 0 spiro atoms. The van der Waals surface area contributed by atoms with Crippen molar-refractivity contribution in [2.75, 3.05) is 13.7 Å². The normalized spacial score (nSPS) is 18.5. The average molecular weight is 330 g/mol. The first-order valence-corrected chi connectivity index (χ1v) is 6.67. The SMILES string of the molecule is COC(=O)C1CCCN1C(=O)c1cc(Br)ccc1F. The highest BCUT2D eigenvalue weighted by Gasteiger charge is 2.36. The lowest BCUT2D eigenvalue weighted by Crippen LogP contribution is -2.41. The summed E-state index contributed by atoms with van der Waals surface area (Å²) in [6, 6.07) is 3.55. The molecule has 1 unspecified atom stereocenters. The van der Waals surface area contributed by atoms with E-state index in [9.17, 15) is 14.0 Å². The quantitative estimate of drug-likeness (QED) is 0.782. The van der Waals surface area contributed by atoms with Crippen molar-refractivity contribution in [2.45, 2.75) is 18.9 Å². The molecule has 1 heterocycles. The van der Waals surface area contributed by atoms with Gasteiger partial charge in [0.05, 0.1) is 12.7 Å². The van der Waals surface area contributed by atoms with Crippen molar-refractivity contribution in [3.63, 3.8) is 0 Å². The van der Waals surface area contributed by atoms with Gasteiger partial charge < -0.3 is 9.64 Å². The number of nitrogens with zero attached hydrogens (tertiary/aromatic N) is 1. The van der Waals surface area contributed by atoms with E-state index in [1.165, 1.54) is 30.2 Å². The number of rotatable bonds is 2. The number of halogens is 2. The van der Waals surface area contributed by atoms with E-state index in [1.54, 1.807) is 0 Å². The summed E-state index contributed by atoms with van der Waals surface area (Å²) in [5.74, 6) is -1.53. The molecule has 0 aromatic heterocycles. The monoisotopic (exact) mass is 329 g/mol. The van der Waals surface area contributed by atoms with E-state index < -0.39 is 23.7 Å². The van der Waals surface area contributed by atoms with E-state index in [0.717, 1.165) is 0 Å². The molecule has 0 radical (unpaired) electrons. The van der Waals surface area contributed by atoms with E-state index in [2.05, 4.69) is 20.7 Å². The third-order valence-corrected chi connectivity index (χ3v) is 3.64. The molecule has 1 aromatic carbocycles. The molecular weight excluding hydrogens is 317 g/mol. The van der Waals surface area contributed by atoms with Gasteiger partial charge in [-0.25, -0.2) is 9.18 Å². The zero-order chi connectivity index (χ0) is 14.0. The van der Waals surface area contributed by atoms with Crippen LogP contribution < -0.4 is 0 Å². The molecule has 6 heteroatoms. The first-order chi connectivity index (χ1) is 9.04. The smallest absolute Gasteiger partial charge is 0.328 e. The summed E-state index contributed by atoms with van der Waals surface area (Å²) < 4.78 is 19.0. The number of carbonyl (C=O) groups excluding carboxylic acids is 2. The van der Waals surface area contributed by atoms with Crippen LogP contribution in [0.1, 0.15) is 23.2 Å². The van der Waals surface area contributed by atoms with Gasteiger partial charge in [0.2, 0.25) is 0 Å². The minimum atomic E-state index is -0.615. The van der Waals surface area contributed by atoms with E-state index in [1.807, 2.05) is 0 Å². The second kappa shape index (κ2) is 5.69. The van der Waals surface area contributed by atoms with Crippen molar-refractivity contribution in [2.24, 2.45) is 0 Å². The molecular formula is C13H13BrFNO3. The minimum absolute atomic E-state index is 0.0369. The topological polar surface area (TPSA) is 46.6 Å². The van der Waals surface area contributed by atoms with Gasteiger partial charge in [0.15, 0.2) is 0 Å². The third-order valence-electron chi connectivity index (χ3n) is 3.15. The maximum atomic E-state index is 13.7. The lowest BCUT2D eigenvalue weighted by atomic mass is 10.1. The summed E-state index contributed by atoms with van der Waals surface area (Å²) in [7, 11) is 1.28. The standard InChI is InChI=1S/C13H13BrFNO3/c1-19-13(18)11-3-2-6-16(11)12(17)9-7-8(14)4-5-10(9)15/h4-5,7,11H,2-3,6H2,1H3. The Kier molecular flexibility index (Phi) is 4.19. The summed E-state index contributed by atoms with van der Waals surface area (Å²) in [5, 5.41) is 0. The Morgan fingerprint density at radius 2 is 2.21 bits per heavy atom. The molecule has 2 rings (SSSR count). The largest absolute Gasteiger partial charge is 0.467 e. The van der Waals surface area contributed by atoms with Crippen molar-refractivity contribution >= 4 is 27.8 Å². The van der Waals surface area contributed by atoms with Crippen LogP contribution in [-0.4, -0.2) is 36.5 Å². The summed E-state index contributed by atoms with van der Waals surface area (Å²) in [5.41, 5.74) is -0.0369. The molecule has 0 N–H and O–H groups in total. The van der Waals surface area contributed by atoms with Gasteiger partial charge >= 0.3 is 5.97 Å². The number of methoxy groups -OCH3 is 1. The van der Waals surface area contributed by atoms with Crippen molar-refractivity contribution in [3.8, 4) is 0 Å². The number of amides is 1. The summed E-state index contributed by atoms with van der Waals surface area (Å²) >= 11 is 3.20. The third kappa shape index (κ3) is 2.78. The zero-order valence-electron chi connectivity index (χ0n) is 10.4. The number of benzene rings is 1. The molecule has 1 aliphatic heterocycles. The second-order valence-electron chi connectivity index (χ2n) is 4.30. The Labute approximate surface area is 118 Å². The van der Waals surface area contributed by atoms with Crippen LogP contribution in [0.25, 0.3) is 0 Å². The van der Waals surface area contributed by atoms with E-state index in [4.69, 9.17) is 0 Å². The van der Waals surface area contributed by atoms with Crippen LogP contribution in [0.4, 0.5) is 4.39 Å². The Hall–Kier alpha value is -1.43. The number of hydrogen-bond acceptors (Lipinski definition) is 3. The summed E-state index contributed by atoms with van der Waals surface area (Å²) in [6.07, 6.45) is 1.26. The number of carbonyl (C=O) groups is 2. The van der Waals surface area contributed by atoms with Gasteiger partial charge in [0, 0.05) is 11.0 Å². The van der Waals surface area contributed by atoms with E-state index in [-0.39, 0.29) is 5.56 Å². The molecule has 1 amide bonds. The highest BCUT2D eigenvalue weighted by atomic mass is 79.9. The second-order valence-corrected chi connectivity index (χ2v) is 5.22. The number of ether oxygens (including phenoxy) is 1. The number of hydrogen-bond donors (Lipinski definition) is 0. The van der Waals surface area contributed by atoms with Crippen molar-refractivity contribution in [1.82, 2.24) is 4.90 Å². The Morgan fingerprint density at radius 1 is 1.47 bits per heavy atom. The van der Waals surface area contributed by atoms with Gasteiger partial charge in [0.25, 0.3) is 5.91 Å². The van der Waals surface area contributed by atoms with Gasteiger partial charge in [0.1, 0.15) is 11.9 Å². The van der Waals surface area contributed by atoms with Crippen LogP contribution >= 0.6 is 15.9 Å². The number of likely N-dealkylation sites (tertiary alicyclic amines) is 1. The molecule has 1 aliphatic rings. The minimum Gasteiger partial charge on any atom is -0.467 e. The highest BCUT2D eigenvalue weighted by molar-refractivity contribution is 9.10. The first-order valence-electron chi connectivity index (χ1n) is 5.88. The Morgan fingerprint density at radius 3 is 2.89 bits per heavy atom. The summed E-state index contributed by atoms with van der Waals surface area (Å²) in [4.78, 5) is 25.3. The van der Waals surface area contributed by atoms with E-state index >= 15 is 0 Å². The van der Waals surface area contributed by atoms with Gasteiger partial charge in [-0.3, -0.25) is 4.79 Å². The van der Waals surface area contributed by atoms with Crippen molar-refractivity contribution < 1.29 is 18.7 Å². The first kappa shape index (κ1) is 14.0. The molecule has 4 nitrogen and oxygen atoms in total. The molecule has 102 valence electrons. The van der Waals surface area contributed by atoms with Gasteiger partial charge in [-0.05, 0) is 31.0 Å².